The lowest BCUT2D eigenvalue weighted by atomic mass is 10.4. The number of hydrogen-bond acceptors (Lipinski definition) is 7. The van der Waals surface area contributed by atoms with E-state index in [1.807, 2.05) is 0 Å². The fraction of sp³-hybridized carbons (Fsp3) is 0.500. The molecule has 1 atom stereocenters. The van der Waals surface area contributed by atoms with Crippen LogP contribution in [0.15, 0.2) is 6.07 Å². The zero-order valence-electron chi connectivity index (χ0n) is 9.68. The molecule has 0 aliphatic heterocycles. The van der Waals surface area contributed by atoms with E-state index in [0.29, 0.717) is 0 Å². The van der Waals surface area contributed by atoms with E-state index in [9.17, 15) is 4.57 Å². The molecule has 1 aromatic heterocycles. The number of nitrogen functional groups attached to an aromatic ring is 2. The van der Waals surface area contributed by atoms with Crippen LogP contribution in [0.2, 0.25) is 0 Å². The summed E-state index contributed by atoms with van der Waals surface area (Å²) in [5.41, 5.74) is 10.8. The average molecular weight is 278 g/mol. The highest BCUT2D eigenvalue weighted by Gasteiger charge is 2.15. The van der Waals surface area contributed by atoms with E-state index in [2.05, 4.69) is 9.97 Å². The second-order valence-electron chi connectivity index (χ2n) is 3.57. The molecular formula is C8H15N4O5P. The van der Waals surface area contributed by atoms with Crippen molar-refractivity contribution in [3.05, 3.63) is 6.07 Å². The summed E-state index contributed by atoms with van der Waals surface area (Å²) in [6.45, 7) is 1.65. The second-order valence-corrected chi connectivity index (χ2v) is 5.16. The van der Waals surface area contributed by atoms with Gasteiger partial charge in [0, 0.05) is 6.07 Å². The third-order valence-electron chi connectivity index (χ3n) is 1.73. The van der Waals surface area contributed by atoms with Crippen LogP contribution in [0.1, 0.15) is 6.92 Å². The monoisotopic (exact) mass is 278 g/mol. The molecule has 0 aromatic carbocycles. The Bertz CT molecular complexity index is 431. The molecule has 0 bridgehead atoms. The van der Waals surface area contributed by atoms with Gasteiger partial charge in [-0.3, -0.25) is 4.57 Å². The molecule has 1 aromatic rings. The number of ether oxygens (including phenoxy) is 2. The Morgan fingerprint density at radius 1 is 1.44 bits per heavy atom. The summed E-state index contributed by atoms with van der Waals surface area (Å²) < 4.78 is 20.7. The number of nitrogens with two attached hydrogens (primary N) is 2. The van der Waals surface area contributed by atoms with Crippen LogP contribution in [0.3, 0.4) is 0 Å². The van der Waals surface area contributed by atoms with E-state index in [1.54, 1.807) is 6.92 Å². The molecule has 9 nitrogen and oxygen atoms in total. The molecule has 10 heteroatoms. The van der Waals surface area contributed by atoms with Crippen LogP contribution in [0.4, 0.5) is 11.8 Å². The predicted molar refractivity (Wildman–Crippen MR) is 63.8 cm³/mol. The van der Waals surface area contributed by atoms with E-state index in [-0.39, 0.29) is 24.3 Å². The first-order valence-electron chi connectivity index (χ1n) is 4.95. The highest BCUT2D eigenvalue weighted by Crippen LogP contribution is 2.34. The average Bonchev–Trinajstić information content (AvgIpc) is 2.21. The quantitative estimate of drug-likeness (QED) is 0.507. The summed E-state index contributed by atoms with van der Waals surface area (Å²) in [6.07, 6.45) is -1.18. The topological polar surface area (TPSA) is 154 Å². The molecule has 0 amide bonds. The van der Waals surface area contributed by atoms with Gasteiger partial charge in [0.15, 0.2) is 0 Å². The highest BCUT2D eigenvalue weighted by atomic mass is 31.2. The van der Waals surface area contributed by atoms with E-state index < -0.39 is 20.0 Å². The highest BCUT2D eigenvalue weighted by molar-refractivity contribution is 7.51. The van der Waals surface area contributed by atoms with Crippen LogP contribution in [0.25, 0.3) is 0 Å². The molecule has 1 rings (SSSR count). The predicted octanol–water partition coefficient (Wildman–Crippen LogP) is -0.440. The molecule has 18 heavy (non-hydrogen) atoms. The summed E-state index contributed by atoms with van der Waals surface area (Å²) in [6, 6.07) is 1.38. The van der Waals surface area contributed by atoms with Gasteiger partial charge >= 0.3 is 7.60 Å². The van der Waals surface area contributed by atoms with Crippen LogP contribution < -0.4 is 16.2 Å². The molecule has 0 radical (unpaired) electrons. The minimum absolute atomic E-state index is 0.0196. The molecule has 6 N–H and O–H groups in total. The van der Waals surface area contributed by atoms with Crippen molar-refractivity contribution >= 4 is 19.4 Å². The van der Waals surface area contributed by atoms with Crippen molar-refractivity contribution in [2.75, 3.05) is 24.4 Å². The lowest BCUT2D eigenvalue weighted by Crippen LogP contribution is -2.19. The second kappa shape index (κ2) is 5.96. The largest absolute Gasteiger partial charge is 0.475 e. The molecule has 0 aliphatic carbocycles. The van der Waals surface area contributed by atoms with Gasteiger partial charge in [0.2, 0.25) is 11.8 Å². The lowest BCUT2D eigenvalue weighted by molar-refractivity contribution is 0.0493. The normalized spacial score (nSPS) is 13.3. The van der Waals surface area contributed by atoms with Crippen LogP contribution in [0, 0.1) is 0 Å². The lowest BCUT2D eigenvalue weighted by Gasteiger charge is -2.14. The molecule has 0 unspecified atom stereocenters. The van der Waals surface area contributed by atoms with Gasteiger partial charge in [0.25, 0.3) is 0 Å². The maximum atomic E-state index is 10.6. The van der Waals surface area contributed by atoms with Crippen molar-refractivity contribution in [1.29, 1.82) is 0 Å². The third kappa shape index (κ3) is 5.78. The Hall–Kier alpha value is -1.41. The Morgan fingerprint density at radius 2 is 2.11 bits per heavy atom. The first-order chi connectivity index (χ1) is 8.26. The Morgan fingerprint density at radius 3 is 2.67 bits per heavy atom. The summed E-state index contributed by atoms with van der Waals surface area (Å²) in [5, 5.41) is 0. The molecule has 0 saturated heterocycles. The SMILES string of the molecule is C[C@H](COc1cc(N)nc(N)n1)OCP(=O)(O)O. The number of hydrogen-bond donors (Lipinski definition) is 4. The minimum Gasteiger partial charge on any atom is -0.475 e. The van der Waals surface area contributed by atoms with E-state index >= 15 is 0 Å². The van der Waals surface area contributed by atoms with E-state index in [1.165, 1.54) is 6.07 Å². The van der Waals surface area contributed by atoms with Gasteiger partial charge in [-0.25, -0.2) is 0 Å². The Balaban J connectivity index is 2.42. The van der Waals surface area contributed by atoms with Crippen LogP contribution in [0.5, 0.6) is 5.88 Å². The summed E-state index contributed by atoms with van der Waals surface area (Å²) in [7, 11) is -4.17. The Kier molecular flexibility index (Phi) is 4.85. The molecule has 0 spiro atoms. The van der Waals surface area contributed by atoms with Crippen molar-refractivity contribution in [1.82, 2.24) is 9.97 Å². The van der Waals surface area contributed by atoms with Crippen molar-refractivity contribution < 1.29 is 23.8 Å². The van der Waals surface area contributed by atoms with Gasteiger partial charge < -0.3 is 30.7 Å². The van der Waals surface area contributed by atoms with Crippen molar-refractivity contribution in [2.24, 2.45) is 0 Å². The van der Waals surface area contributed by atoms with Crippen LogP contribution in [-0.4, -0.2) is 38.8 Å². The standard InChI is InChI=1S/C8H15N4O5P/c1-5(17-4-18(13,14)15)3-16-7-2-6(9)11-8(10)12-7/h2,5H,3-4H2,1H3,(H2,13,14,15)(H4,9,10,11,12)/t5-/m1/s1. The zero-order valence-corrected chi connectivity index (χ0v) is 10.6. The maximum absolute atomic E-state index is 10.6. The number of aromatic nitrogens is 2. The van der Waals surface area contributed by atoms with Crippen molar-refractivity contribution in [3.63, 3.8) is 0 Å². The first-order valence-corrected chi connectivity index (χ1v) is 6.75. The Labute approximate surface area is 103 Å². The summed E-state index contributed by atoms with van der Waals surface area (Å²) >= 11 is 0. The fourth-order valence-electron chi connectivity index (χ4n) is 1.01. The van der Waals surface area contributed by atoms with E-state index in [4.69, 9.17) is 30.7 Å². The van der Waals surface area contributed by atoms with Gasteiger partial charge in [-0.1, -0.05) is 0 Å². The molecule has 0 saturated carbocycles. The van der Waals surface area contributed by atoms with Crippen molar-refractivity contribution in [2.45, 2.75) is 13.0 Å². The van der Waals surface area contributed by atoms with Gasteiger partial charge in [0.05, 0.1) is 6.10 Å². The number of nitrogens with zero attached hydrogens (tertiary/aromatic N) is 2. The van der Waals surface area contributed by atoms with Crippen LogP contribution in [-0.2, 0) is 9.30 Å². The maximum Gasteiger partial charge on any atom is 0.350 e. The molecule has 1 heterocycles. The van der Waals surface area contributed by atoms with Gasteiger partial charge in [-0.2, -0.15) is 9.97 Å². The first kappa shape index (κ1) is 14.7. The molecule has 0 aliphatic rings. The molecule has 102 valence electrons. The number of anilines is 2. The van der Waals surface area contributed by atoms with Gasteiger partial charge in [-0.05, 0) is 6.92 Å². The number of rotatable bonds is 6. The zero-order chi connectivity index (χ0) is 13.8. The van der Waals surface area contributed by atoms with Gasteiger partial charge in [-0.15, -0.1) is 0 Å². The molecular weight excluding hydrogens is 263 g/mol. The smallest absolute Gasteiger partial charge is 0.350 e. The minimum atomic E-state index is -4.17. The summed E-state index contributed by atoms with van der Waals surface area (Å²) in [4.78, 5) is 24.7. The van der Waals surface area contributed by atoms with Crippen LogP contribution >= 0.6 is 7.60 Å². The fourth-order valence-corrected chi connectivity index (χ4v) is 1.46. The molecule has 0 fully saturated rings. The van der Waals surface area contributed by atoms with Crippen molar-refractivity contribution in [3.8, 4) is 5.88 Å². The van der Waals surface area contributed by atoms with Gasteiger partial charge in [0.1, 0.15) is 18.8 Å². The third-order valence-corrected chi connectivity index (χ3v) is 2.22. The van der Waals surface area contributed by atoms with E-state index in [0.717, 1.165) is 0 Å². The summed E-state index contributed by atoms with van der Waals surface area (Å²) in [5.74, 6) is 0.321.